The molecule has 106 valence electrons. The Bertz CT molecular complexity index is 572. The third-order valence-corrected chi connectivity index (χ3v) is 4.07. The number of hydrogen-bond donors (Lipinski definition) is 1. The first kappa shape index (κ1) is 14.9. The molecule has 0 saturated carbocycles. The Kier molecular flexibility index (Phi) is 4.72. The highest BCUT2D eigenvalue weighted by Crippen LogP contribution is 2.25. The Morgan fingerprint density at radius 3 is 2.05 bits per heavy atom. The predicted molar refractivity (Wildman–Crippen MR) is 88.8 cm³/mol. The smallest absolute Gasteiger partial charge is 0.0485 e. The molecule has 0 heterocycles. The minimum Gasteiger partial charge on any atom is -0.378 e. The fourth-order valence-electron chi connectivity index (χ4n) is 2.19. The van der Waals surface area contributed by atoms with Gasteiger partial charge < -0.3 is 5.32 Å². The summed E-state index contributed by atoms with van der Waals surface area (Å²) in [5.41, 5.74) is 4.82. The van der Waals surface area contributed by atoms with Crippen LogP contribution in [0.4, 0.5) is 5.69 Å². The summed E-state index contributed by atoms with van der Waals surface area (Å²) in [5.74, 6) is 0.572. The molecule has 1 nitrogen and oxygen atoms in total. The van der Waals surface area contributed by atoms with Crippen LogP contribution in [-0.4, -0.2) is 0 Å². The van der Waals surface area contributed by atoms with Crippen LogP contribution >= 0.6 is 11.6 Å². The Morgan fingerprint density at radius 1 is 0.900 bits per heavy atom. The highest BCUT2D eigenvalue weighted by molar-refractivity contribution is 6.31. The van der Waals surface area contributed by atoms with Gasteiger partial charge in [-0.3, -0.25) is 0 Å². The van der Waals surface area contributed by atoms with Crippen LogP contribution in [0.2, 0.25) is 5.02 Å². The fourth-order valence-corrected chi connectivity index (χ4v) is 2.37. The van der Waals surface area contributed by atoms with Gasteiger partial charge in [0.1, 0.15) is 0 Å². The molecule has 0 bridgehead atoms. The summed E-state index contributed by atoms with van der Waals surface area (Å²) < 4.78 is 0. The molecule has 0 aliphatic heterocycles. The molecule has 2 rings (SSSR count). The summed E-state index contributed by atoms with van der Waals surface area (Å²) in [4.78, 5) is 0. The van der Waals surface area contributed by atoms with Crippen LogP contribution in [0.25, 0.3) is 0 Å². The van der Waals surface area contributed by atoms with Gasteiger partial charge in [-0.05, 0) is 48.6 Å². The lowest BCUT2D eigenvalue weighted by Gasteiger charge is -2.17. The second kappa shape index (κ2) is 6.32. The van der Waals surface area contributed by atoms with Crippen molar-refractivity contribution in [2.24, 2.45) is 0 Å². The SMILES string of the molecule is Cc1ccc(NC(C)c2ccc(C(C)C)cc2)cc1Cl. The molecule has 1 atom stereocenters. The standard InChI is InChI=1S/C18H22ClN/c1-12(2)15-6-8-16(9-7-15)14(4)20-17-10-5-13(3)18(19)11-17/h5-12,14,20H,1-4H3. The first-order valence-electron chi connectivity index (χ1n) is 7.10. The van der Waals surface area contributed by atoms with Crippen molar-refractivity contribution in [1.82, 2.24) is 0 Å². The number of hydrogen-bond acceptors (Lipinski definition) is 1. The van der Waals surface area contributed by atoms with E-state index < -0.39 is 0 Å². The van der Waals surface area contributed by atoms with Crippen molar-refractivity contribution < 1.29 is 0 Å². The van der Waals surface area contributed by atoms with Gasteiger partial charge in [0.25, 0.3) is 0 Å². The number of rotatable bonds is 4. The zero-order valence-corrected chi connectivity index (χ0v) is 13.3. The predicted octanol–water partition coefficient (Wildman–Crippen LogP) is 5.94. The molecule has 0 spiro atoms. The third kappa shape index (κ3) is 3.55. The Labute approximate surface area is 127 Å². The van der Waals surface area contributed by atoms with E-state index in [1.54, 1.807) is 0 Å². The second-order valence-electron chi connectivity index (χ2n) is 5.65. The van der Waals surface area contributed by atoms with Crippen LogP contribution in [-0.2, 0) is 0 Å². The molecule has 0 fully saturated rings. The molecule has 1 N–H and O–H groups in total. The first-order valence-corrected chi connectivity index (χ1v) is 7.47. The molecular formula is C18H22ClN. The fraction of sp³-hybridized carbons (Fsp3) is 0.333. The van der Waals surface area contributed by atoms with Crippen molar-refractivity contribution >= 4 is 17.3 Å². The van der Waals surface area contributed by atoms with Crippen LogP contribution in [0.5, 0.6) is 0 Å². The minimum absolute atomic E-state index is 0.259. The summed E-state index contributed by atoms with van der Waals surface area (Å²) in [6, 6.07) is 15.2. The molecule has 20 heavy (non-hydrogen) atoms. The Morgan fingerprint density at radius 2 is 1.50 bits per heavy atom. The Hall–Kier alpha value is -1.47. The van der Waals surface area contributed by atoms with Crippen LogP contribution in [0.15, 0.2) is 42.5 Å². The summed E-state index contributed by atoms with van der Waals surface area (Å²) in [6.07, 6.45) is 0. The molecular weight excluding hydrogens is 266 g/mol. The molecule has 0 aliphatic carbocycles. The summed E-state index contributed by atoms with van der Waals surface area (Å²) in [5, 5.41) is 4.29. The average molecular weight is 288 g/mol. The number of nitrogens with one attached hydrogen (secondary N) is 1. The molecule has 0 saturated heterocycles. The van der Waals surface area contributed by atoms with Crippen molar-refractivity contribution in [3.8, 4) is 0 Å². The van der Waals surface area contributed by atoms with Gasteiger partial charge >= 0.3 is 0 Å². The third-order valence-electron chi connectivity index (χ3n) is 3.66. The highest BCUT2D eigenvalue weighted by atomic mass is 35.5. The number of benzene rings is 2. The number of anilines is 1. The van der Waals surface area contributed by atoms with Crippen molar-refractivity contribution in [2.75, 3.05) is 5.32 Å². The summed E-state index contributed by atoms with van der Waals surface area (Å²) in [6.45, 7) is 8.61. The molecule has 2 aromatic rings. The zero-order chi connectivity index (χ0) is 14.7. The van der Waals surface area contributed by atoms with Crippen LogP contribution in [0.3, 0.4) is 0 Å². The minimum atomic E-state index is 0.259. The van der Waals surface area contributed by atoms with E-state index in [0.717, 1.165) is 16.3 Å². The monoisotopic (exact) mass is 287 g/mol. The van der Waals surface area contributed by atoms with Crippen molar-refractivity contribution in [3.63, 3.8) is 0 Å². The van der Waals surface area contributed by atoms with E-state index in [-0.39, 0.29) is 6.04 Å². The molecule has 0 amide bonds. The van der Waals surface area contributed by atoms with E-state index >= 15 is 0 Å². The maximum Gasteiger partial charge on any atom is 0.0485 e. The van der Waals surface area contributed by atoms with Gasteiger partial charge in [-0.25, -0.2) is 0 Å². The van der Waals surface area contributed by atoms with Gasteiger partial charge in [-0.2, -0.15) is 0 Å². The van der Waals surface area contributed by atoms with E-state index in [9.17, 15) is 0 Å². The average Bonchev–Trinajstić information content (AvgIpc) is 2.43. The van der Waals surface area contributed by atoms with Gasteiger partial charge in [-0.15, -0.1) is 0 Å². The van der Waals surface area contributed by atoms with Crippen molar-refractivity contribution in [3.05, 3.63) is 64.2 Å². The molecule has 0 aliphatic rings. The lowest BCUT2D eigenvalue weighted by molar-refractivity contribution is 0.852. The van der Waals surface area contributed by atoms with E-state index in [1.165, 1.54) is 11.1 Å². The maximum atomic E-state index is 6.16. The van der Waals surface area contributed by atoms with Crippen LogP contribution < -0.4 is 5.32 Å². The van der Waals surface area contributed by atoms with E-state index in [0.29, 0.717) is 5.92 Å². The largest absolute Gasteiger partial charge is 0.378 e. The van der Waals surface area contributed by atoms with Gasteiger partial charge in [0.15, 0.2) is 0 Å². The highest BCUT2D eigenvalue weighted by Gasteiger charge is 2.07. The first-order chi connectivity index (χ1) is 9.47. The quantitative estimate of drug-likeness (QED) is 0.733. The zero-order valence-electron chi connectivity index (χ0n) is 12.6. The lowest BCUT2D eigenvalue weighted by Crippen LogP contribution is -2.06. The Balaban J connectivity index is 2.10. The molecule has 0 radical (unpaired) electrons. The number of aryl methyl sites for hydroxylation is 1. The van der Waals surface area contributed by atoms with Gasteiger partial charge in [0, 0.05) is 16.8 Å². The van der Waals surface area contributed by atoms with E-state index in [4.69, 9.17) is 11.6 Å². The van der Waals surface area contributed by atoms with Gasteiger partial charge in [-0.1, -0.05) is 55.8 Å². The van der Waals surface area contributed by atoms with E-state index in [1.807, 2.05) is 19.1 Å². The van der Waals surface area contributed by atoms with Gasteiger partial charge in [0.05, 0.1) is 0 Å². The van der Waals surface area contributed by atoms with Gasteiger partial charge in [0.2, 0.25) is 0 Å². The second-order valence-corrected chi connectivity index (χ2v) is 6.06. The normalized spacial score (nSPS) is 12.5. The summed E-state index contributed by atoms with van der Waals surface area (Å²) >= 11 is 6.16. The van der Waals surface area contributed by atoms with Crippen molar-refractivity contribution in [2.45, 2.75) is 39.7 Å². The van der Waals surface area contributed by atoms with Crippen LogP contribution in [0, 0.1) is 6.92 Å². The van der Waals surface area contributed by atoms with E-state index in [2.05, 4.69) is 56.4 Å². The maximum absolute atomic E-state index is 6.16. The molecule has 0 aromatic heterocycles. The molecule has 1 unspecified atom stereocenters. The molecule has 2 aromatic carbocycles. The topological polar surface area (TPSA) is 12.0 Å². The van der Waals surface area contributed by atoms with Crippen molar-refractivity contribution in [1.29, 1.82) is 0 Å². The number of halogens is 1. The summed E-state index contributed by atoms with van der Waals surface area (Å²) in [7, 11) is 0. The lowest BCUT2D eigenvalue weighted by atomic mass is 9.99. The van der Waals surface area contributed by atoms with Crippen LogP contribution in [0.1, 0.15) is 49.4 Å². The molecule has 2 heteroatoms.